The second kappa shape index (κ2) is 9.05. The number of rotatable bonds is 7. The van der Waals surface area contributed by atoms with Crippen molar-refractivity contribution in [3.8, 4) is 11.5 Å². The number of amides is 2. The first-order valence-electron chi connectivity index (χ1n) is 9.32. The van der Waals surface area contributed by atoms with Gasteiger partial charge in [0.2, 0.25) is 11.8 Å². The second-order valence-corrected chi connectivity index (χ2v) is 7.15. The molecular formula is C21H24ClN3O4. The fourth-order valence-electron chi connectivity index (χ4n) is 3.20. The summed E-state index contributed by atoms with van der Waals surface area (Å²) in [5.74, 6) is 0.998. The van der Waals surface area contributed by atoms with E-state index in [0.717, 1.165) is 12.1 Å². The monoisotopic (exact) mass is 417 g/mol. The summed E-state index contributed by atoms with van der Waals surface area (Å²) in [7, 11) is 3.09. The van der Waals surface area contributed by atoms with Gasteiger partial charge in [-0.25, -0.2) is 0 Å². The van der Waals surface area contributed by atoms with Crippen LogP contribution in [0.5, 0.6) is 11.5 Å². The zero-order valence-electron chi connectivity index (χ0n) is 16.6. The number of carbonyl (C=O) groups is 2. The number of anilines is 3. The summed E-state index contributed by atoms with van der Waals surface area (Å²) in [6.45, 7) is 2.44. The van der Waals surface area contributed by atoms with Gasteiger partial charge in [-0.05, 0) is 43.7 Å². The third-order valence-electron chi connectivity index (χ3n) is 4.74. The van der Waals surface area contributed by atoms with E-state index in [9.17, 15) is 9.59 Å². The highest BCUT2D eigenvalue weighted by Gasteiger charge is 2.24. The highest BCUT2D eigenvalue weighted by molar-refractivity contribution is 6.32. The van der Waals surface area contributed by atoms with Crippen molar-refractivity contribution in [1.29, 1.82) is 0 Å². The second-order valence-electron chi connectivity index (χ2n) is 6.74. The lowest BCUT2D eigenvalue weighted by atomic mass is 10.2. The van der Waals surface area contributed by atoms with Gasteiger partial charge in [-0.1, -0.05) is 11.6 Å². The molecule has 7 nitrogen and oxygen atoms in total. The van der Waals surface area contributed by atoms with Crippen LogP contribution in [0.3, 0.4) is 0 Å². The molecule has 1 atom stereocenters. The molecule has 0 aliphatic carbocycles. The Hall–Kier alpha value is -2.93. The van der Waals surface area contributed by atoms with Gasteiger partial charge in [-0.2, -0.15) is 0 Å². The largest absolute Gasteiger partial charge is 0.495 e. The smallest absolute Gasteiger partial charge is 0.246 e. The predicted molar refractivity (Wildman–Crippen MR) is 114 cm³/mol. The van der Waals surface area contributed by atoms with Crippen molar-refractivity contribution in [2.24, 2.45) is 0 Å². The minimum absolute atomic E-state index is 0.0925. The average molecular weight is 418 g/mol. The number of carbonyl (C=O) groups excluding carboxylic acids is 2. The number of hydrogen-bond donors (Lipinski definition) is 2. The summed E-state index contributed by atoms with van der Waals surface area (Å²) in [5, 5.41) is 6.39. The maximum absolute atomic E-state index is 12.5. The number of methoxy groups -OCH3 is 2. The summed E-state index contributed by atoms with van der Waals surface area (Å²) in [4.78, 5) is 26.3. The lowest BCUT2D eigenvalue weighted by molar-refractivity contribution is -0.117. The Balaban J connectivity index is 1.68. The number of halogens is 1. The van der Waals surface area contributed by atoms with E-state index in [1.54, 1.807) is 43.2 Å². The van der Waals surface area contributed by atoms with Gasteiger partial charge >= 0.3 is 0 Å². The first kappa shape index (κ1) is 20.8. The van der Waals surface area contributed by atoms with Gasteiger partial charge in [0.25, 0.3) is 0 Å². The van der Waals surface area contributed by atoms with Gasteiger partial charge in [0.05, 0.1) is 24.9 Å². The molecule has 2 aromatic carbocycles. The van der Waals surface area contributed by atoms with E-state index < -0.39 is 6.04 Å². The van der Waals surface area contributed by atoms with Gasteiger partial charge in [0.15, 0.2) is 0 Å². The Morgan fingerprint density at radius 2 is 1.83 bits per heavy atom. The van der Waals surface area contributed by atoms with E-state index in [4.69, 9.17) is 21.1 Å². The summed E-state index contributed by atoms with van der Waals surface area (Å²) in [6, 6.07) is 9.99. The molecule has 0 spiro atoms. The third kappa shape index (κ3) is 4.74. The number of nitrogens with one attached hydrogen (secondary N) is 2. The van der Waals surface area contributed by atoms with Crippen LogP contribution in [-0.4, -0.2) is 38.6 Å². The quantitative estimate of drug-likeness (QED) is 0.713. The van der Waals surface area contributed by atoms with Crippen LogP contribution in [0.25, 0.3) is 0 Å². The SMILES string of the molecule is COc1ccc(NC(=O)C(C)Nc2ccc(N3CCCC3=O)c(OC)c2)cc1Cl. The number of benzene rings is 2. The third-order valence-corrected chi connectivity index (χ3v) is 5.04. The first-order valence-corrected chi connectivity index (χ1v) is 9.70. The molecule has 2 N–H and O–H groups in total. The zero-order chi connectivity index (χ0) is 21.0. The van der Waals surface area contributed by atoms with Crippen molar-refractivity contribution in [2.75, 3.05) is 36.3 Å². The molecule has 1 unspecified atom stereocenters. The highest BCUT2D eigenvalue weighted by atomic mass is 35.5. The van der Waals surface area contributed by atoms with Crippen LogP contribution >= 0.6 is 11.6 Å². The fraction of sp³-hybridized carbons (Fsp3) is 0.333. The van der Waals surface area contributed by atoms with Gasteiger partial charge in [0.1, 0.15) is 17.5 Å². The summed E-state index contributed by atoms with van der Waals surface area (Å²) >= 11 is 6.10. The van der Waals surface area contributed by atoms with Crippen LogP contribution in [0, 0.1) is 0 Å². The average Bonchev–Trinajstić information content (AvgIpc) is 3.13. The molecule has 8 heteroatoms. The van der Waals surface area contributed by atoms with Gasteiger partial charge < -0.3 is 25.0 Å². The molecule has 0 aromatic heterocycles. The summed E-state index contributed by atoms with van der Waals surface area (Å²) in [5.41, 5.74) is 2.04. The van der Waals surface area contributed by atoms with Gasteiger partial charge in [-0.15, -0.1) is 0 Å². The van der Waals surface area contributed by atoms with Gasteiger partial charge in [0, 0.05) is 30.4 Å². The van der Waals surface area contributed by atoms with Crippen LogP contribution in [0.15, 0.2) is 36.4 Å². The Bertz CT molecular complexity index is 919. The van der Waals surface area contributed by atoms with Crippen LogP contribution in [0.1, 0.15) is 19.8 Å². The molecular weight excluding hydrogens is 394 g/mol. The van der Waals surface area contributed by atoms with E-state index in [0.29, 0.717) is 40.9 Å². The van der Waals surface area contributed by atoms with E-state index in [1.807, 2.05) is 12.1 Å². The van der Waals surface area contributed by atoms with Crippen molar-refractivity contribution in [3.63, 3.8) is 0 Å². The molecule has 1 heterocycles. The van der Waals surface area contributed by atoms with Crippen molar-refractivity contribution >= 4 is 40.5 Å². The van der Waals surface area contributed by atoms with Gasteiger partial charge in [-0.3, -0.25) is 9.59 Å². The zero-order valence-corrected chi connectivity index (χ0v) is 17.4. The number of nitrogens with zero attached hydrogens (tertiary/aromatic N) is 1. The van der Waals surface area contributed by atoms with E-state index in [2.05, 4.69) is 10.6 Å². The highest BCUT2D eigenvalue weighted by Crippen LogP contribution is 2.34. The molecule has 154 valence electrons. The van der Waals surface area contributed by atoms with Crippen LogP contribution in [-0.2, 0) is 9.59 Å². The van der Waals surface area contributed by atoms with E-state index in [1.165, 1.54) is 7.11 Å². The number of hydrogen-bond acceptors (Lipinski definition) is 5. The lowest BCUT2D eigenvalue weighted by Gasteiger charge is -2.21. The van der Waals surface area contributed by atoms with Crippen molar-refractivity contribution < 1.29 is 19.1 Å². The molecule has 3 rings (SSSR count). The predicted octanol–water partition coefficient (Wildman–Crippen LogP) is 3.92. The Morgan fingerprint density at radius 3 is 2.45 bits per heavy atom. The maximum atomic E-state index is 12.5. The Kier molecular flexibility index (Phi) is 6.49. The number of ether oxygens (including phenoxy) is 2. The van der Waals surface area contributed by atoms with Crippen molar-refractivity contribution in [2.45, 2.75) is 25.8 Å². The minimum atomic E-state index is -0.514. The lowest BCUT2D eigenvalue weighted by Crippen LogP contribution is -2.32. The molecule has 2 amide bonds. The molecule has 29 heavy (non-hydrogen) atoms. The summed E-state index contributed by atoms with van der Waals surface area (Å²) in [6.07, 6.45) is 1.39. The molecule has 0 saturated carbocycles. The van der Waals surface area contributed by atoms with Crippen molar-refractivity contribution in [3.05, 3.63) is 41.4 Å². The van der Waals surface area contributed by atoms with E-state index in [-0.39, 0.29) is 11.8 Å². The van der Waals surface area contributed by atoms with Crippen LogP contribution < -0.4 is 25.0 Å². The molecule has 0 bridgehead atoms. The first-order chi connectivity index (χ1) is 13.9. The molecule has 1 aliphatic heterocycles. The normalized spacial score (nSPS) is 14.5. The van der Waals surface area contributed by atoms with Crippen LogP contribution in [0.2, 0.25) is 5.02 Å². The maximum Gasteiger partial charge on any atom is 0.246 e. The van der Waals surface area contributed by atoms with E-state index >= 15 is 0 Å². The molecule has 1 fully saturated rings. The molecule has 0 radical (unpaired) electrons. The Morgan fingerprint density at radius 1 is 1.10 bits per heavy atom. The standard InChI is InChI=1S/C21H24ClN3O4/c1-13(21(27)24-14-7-9-18(28-2)16(22)11-14)23-15-6-8-17(19(12-15)29-3)25-10-4-5-20(25)26/h6-9,11-13,23H,4-5,10H2,1-3H3,(H,24,27). The van der Waals surface area contributed by atoms with Crippen molar-refractivity contribution in [1.82, 2.24) is 0 Å². The molecule has 1 aliphatic rings. The van der Waals surface area contributed by atoms with Crippen LogP contribution in [0.4, 0.5) is 17.1 Å². The summed E-state index contributed by atoms with van der Waals surface area (Å²) < 4.78 is 10.6. The topological polar surface area (TPSA) is 79.9 Å². The fourth-order valence-corrected chi connectivity index (χ4v) is 3.46. The molecule has 2 aromatic rings. The minimum Gasteiger partial charge on any atom is -0.495 e. The Labute approximate surface area is 174 Å². The molecule has 1 saturated heterocycles.